The molecule has 1 aromatic carbocycles. The Bertz CT molecular complexity index is 1190. The third-order valence-electron chi connectivity index (χ3n) is 5.28. The van der Waals surface area contributed by atoms with Gasteiger partial charge < -0.3 is 4.90 Å². The molecule has 11 heteroatoms. The number of hydrogen-bond acceptors (Lipinski definition) is 8. The number of aryl methyl sites for hydroxylation is 4. The van der Waals surface area contributed by atoms with Crippen LogP contribution in [0.5, 0.6) is 0 Å². The van der Waals surface area contributed by atoms with Crippen molar-refractivity contribution < 1.29 is 9.55 Å². The van der Waals surface area contributed by atoms with Crippen molar-refractivity contribution in [1.29, 1.82) is 0 Å². The Morgan fingerprint density at radius 3 is 1.97 bits per heavy atom. The van der Waals surface area contributed by atoms with Crippen LogP contribution in [0.15, 0.2) is 28.9 Å². The average Bonchev–Trinajstić information content (AvgIpc) is 3.40. The maximum atomic E-state index is 11.4. The van der Waals surface area contributed by atoms with Crippen molar-refractivity contribution in [2.45, 2.75) is 40.8 Å². The molecule has 0 bridgehead atoms. The number of nitro benzene ring substituents is 1. The Labute approximate surface area is 178 Å². The standard InChI is InChI=1S/C20H24N8O3/c1-13-11-15(3)26(21-13)9-7-25(8-10-27-16(4)12-14(2)22-27)17-5-6-18(28(29)30)20-19(17)23-31-24-20/h5-6,11-12H,7-10H2,1-4H3. The van der Waals surface area contributed by atoms with Crippen LogP contribution in [0.4, 0.5) is 11.4 Å². The van der Waals surface area contributed by atoms with Crippen LogP contribution in [0, 0.1) is 37.8 Å². The van der Waals surface area contributed by atoms with Gasteiger partial charge >= 0.3 is 5.69 Å². The lowest BCUT2D eigenvalue weighted by molar-refractivity contribution is -0.383. The number of aromatic nitrogens is 6. The van der Waals surface area contributed by atoms with E-state index >= 15 is 0 Å². The van der Waals surface area contributed by atoms with Crippen LogP contribution in [-0.2, 0) is 13.1 Å². The largest absolute Gasteiger partial charge is 0.366 e. The lowest BCUT2D eigenvalue weighted by atomic mass is 10.2. The molecule has 3 heterocycles. The molecule has 0 saturated heterocycles. The summed E-state index contributed by atoms with van der Waals surface area (Å²) in [7, 11) is 0. The number of rotatable bonds is 8. The van der Waals surface area contributed by atoms with Crippen molar-refractivity contribution >= 4 is 22.4 Å². The smallest absolute Gasteiger partial charge is 0.300 e. The zero-order valence-corrected chi connectivity index (χ0v) is 17.9. The minimum atomic E-state index is -0.480. The molecule has 4 aromatic rings. The summed E-state index contributed by atoms with van der Waals surface area (Å²) in [4.78, 5) is 13.0. The molecule has 0 spiro atoms. The molecule has 11 nitrogen and oxygen atoms in total. The van der Waals surface area contributed by atoms with Gasteiger partial charge in [0.1, 0.15) is 0 Å². The highest BCUT2D eigenvalue weighted by molar-refractivity contribution is 5.93. The van der Waals surface area contributed by atoms with Gasteiger partial charge in [0.05, 0.1) is 35.1 Å². The van der Waals surface area contributed by atoms with E-state index in [1.165, 1.54) is 6.07 Å². The number of non-ortho nitro benzene ring substituents is 1. The maximum Gasteiger partial charge on any atom is 0.300 e. The summed E-state index contributed by atoms with van der Waals surface area (Å²) in [5.74, 6) is 0. The first-order valence-electron chi connectivity index (χ1n) is 10.00. The molecule has 3 aromatic heterocycles. The quantitative estimate of drug-likeness (QED) is 0.313. The molecule has 0 N–H and O–H groups in total. The van der Waals surface area contributed by atoms with Gasteiger partial charge in [-0.05, 0) is 56.2 Å². The van der Waals surface area contributed by atoms with Crippen LogP contribution in [0.3, 0.4) is 0 Å². The van der Waals surface area contributed by atoms with Crippen molar-refractivity contribution in [1.82, 2.24) is 29.9 Å². The Balaban J connectivity index is 1.66. The van der Waals surface area contributed by atoms with Gasteiger partial charge in [-0.2, -0.15) is 10.2 Å². The van der Waals surface area contributed by atoms with Crippen LogP contribution in [-0.4, -0.2) is 47.9 Å². The van der Waals surface area contributed by atoms with Crippen molar-refractivity contribution in [2.75, 3.05) is 18.0 Å². The second kappa shape index (κ2) is 8.17. The zero-order valence-electron chi connectivity index (χ0n) is 17.9. The van der Waals surface area contributed by atoms with E-state index in [-0.39, 0.29) is 11.2 Å². The lowest BCUT2D eigenvalue weighted by Gasteiger charge is -2.25. The van der Waals surface area contributed by atoms with Crippen molar-refractivity contribution in [3.63, 3.8) is 0 Å². The van der Waals surface area contributed by atoms with Gasteiger partial charge in [0.25, 0.3) is 0 Å². The van der Waals surface area contributed by atoms with Gasteiger partial charge in [-0.3, -0.25) is 19.5 Å². The van der Waals surface area contributed by atoms with Crippen molar-refractivity contribution in [2.24, 2.45) is 0 Å². The minimum absolute atomic E-state index is 0.128. The summed E-state index contributed by atoms with van der Waals surface area (Å²) in [6, 6.07) is 7.21. The van der Waals surface area contributed by atoms with Gasteiger partial charge in [-0.15, -0.1) is 0 Å². The highest BCUT2D eigenvalue weighted by atomic mass is 16.6. The molecule has 0 radical (unpaired) electrons. The first-order chi connectivity index (χ1) is 14.8. The fraction of sp³-hybridized carbons (Fsp3) is 0.400. The Morgan fingerprint density at radius 1 is 0.935 bits per heavy atom. The first-order valence-corrected chi connectivity index (χ1v) is 10.00. The maximum absolute atomic E-state index is 11.4. The van der Waals surface area contributed by atoms with Crippen LogP contribution in [0.1, 0.15) is 22.8 Å². The number of nitro groups is 1. The monoisotopic (exact) mass is 424 g/mol. The van der Waals surface area contributed by atoms with E-state index in [1.807, 2.05) is 49.2 Å². The topological polar surface area (TPSA) is 121 Å². The molecule has 0 aliphatic rings. The number of benzene rings is 1. The van der Waals surface area contributed by atoms with Gasteiger partial charge in [0.15, 0.2) is 5.52 Å². The lowest BCUT2D eigenvalue weighted by Crippen LogP contribution is -2.32. The van der Waals surface area contributed by atoms with E-state index in [0.717, 1.165) is 28.5 Å². The summed E-state index contributed by atoms with van der Waals surface area (Å²) in [6.07, 6.45) is 0. The third-order valence-corrected chi connectivity index (χ3v) is 5.28. The minimum Gasteiger partial charge on any atom is -0.366 e. The van der Waals surface area contributed by atoms with Crippen LogP contribution in [0.25, 0.3) is 11.0 Å². The summed E-state index contributed by atoms with van der Waals surface area (Å²) in [5.41, 5.74) is 5.19. The Kier molecular flexibility index (Phi) is 5.40. The third kappa shape index (κ3) is 4.11. The summed E-state index contributed by atoms with van der Waals surface area (Å²) >= 11 is 0. The Hall–Kier alpha value is -3.76. The molecule has 0 unspecified atom stereocenters. The first kappa shape index (κ1) is 20.5. The summed E-state index contributed by atoms with van der Waals surface area (Å²) in [6.45, 7) is 10.5. The van der Waals surface area contributed by atoms with Crippen LogP contribution in [0.2, 0.25) is 0 Å². The number of fused-ring (bicyclic) bond motifs is 1. The normalized spacial score (nSPS) is 11.4. The highest BCUT2D eigenvalue weighted by Gasteiger charge is 2.23. The number of anilines is 1. The molecule has 0 aliphatic heterocycles. The van der Waals surface area contributed by atoms with E-state index < -0.39 is 4.92 Å². The summed E-state index contributed by atoms with van der Waals surface area (Å²) in [5, 5.41) is 28.2. The van der Waals surface area contributed by atoms with E-state index in [1.54, 1.807) is 6.07 Å². The molecule has 4 rings (SSSR count). The van der Waals surface area contributed by atoms with E-state index in [2.05, 4.69) is 25.4 Å². The van der Waals surface area contributed by atoms with Gasteiger partial charge in [0, 0.05) is 30.5 Å². The highest BCUT2D eigenvalue weighted by Crippen LogP contribution is 2.31. The van der Waals surface area contributed by atoms with Gasteiger partial charge in [-0.25, -0.2) is 4.63 Å². The average molecular weight is 424 g/mol. The zero-order chi connectivity index (χ0) is 22.1. The molecular formula is C20H24N8O3. The molecule has 31 heavy (non-hydrogen) atoms. The molecular weight excluding hydrogens is 400 g/mol. The van der Waals surface area contributed by atoms with E-state index in [0.29, 0.717) is 31.7 Å². The van der Waals surface area contributed by atoms with E-state index in [4.69, 9.17) is 4.63 Å². The molecule has 0 amide bonds. The van der Waals surface area contributed by atoms with Crippen molar-refractivity contribution in [3.8, 4) is 0 Å². The van der Waals surface area contributed by atoms with Crippen LogP contribution < -0.4 is 4.90 Å². The van der Waals surface area contributed by atoms with Gasteiger partial charge in [0.2, 0.25) is 5.52 Å². The fourth-order valence-electron chi connectivity index (χ4n) is 3.83. The molecule has 162 valence electrons. The second-order valence-corrected chi connectivity index (χ2v) is 7.61. The second-order valence-electron chi connectivity index (χ2n) is 7.61. The predicted octanol–water partition coefficient (Wildman–Crippen LogP) is 2.96. The molecule has 0 aliphatic carbocycles. The molecule has 0 atom stereocenters. The summed E-state index contributed by atoms with van der Waals surface area (Å²) < 4.78 is 8.76. The number of nitrogens with zero attached hydrogens (tertiary/aromatic N) is 8. The van der Waals surface area contributed by atoms with Crippen LogP contribution >= 0.6 is 0 Å². The SMILES string of the molecule is Cc1cc(C)n(CCN(CCn2nc(C)cc2C)c2ccc([N+](=O)[O-])c3nonc23)n1. The van der Waals surface area contributed by atoms with Crippen molar-refractivity contribution in [3.05, 3.63) is 57.2 Å². The van der Waals surface area contributed by atoms with E-state index in [9.17, 15) is 10.1 Å². The number of hydrogen-bond donors (Lipinski definition) is 0. The predicted molar refractivity (Wildman–Crippen MR) is 114 cm³/mol. The molecule has 0 saturated carbocycles. The fourth-order valence-corrected chi connectivity index (χ4v) is 3.83. The Morgan fingerprint density at radius 2 is 1.48 bits per heavy atom. The van der Waals surface area contributed by atoms with Gasteiger partial charge in [-0.1, -0.05) is 0 Å². The molecule has 0 fully saturated rings.